The fourth-order valence-corrected chi connectivity index (χ4v) is 1.79. The number of hydrogen-bond acceptors (Lipinski definition) is 2. The van der Waals surface area contributed by atoms with Crippen molar-refractivity contribution in [3.8, 4) is 5.69 Å². The van der Waals surface area contributed by atoms with Gasteiger partial charge in [0.2, 0.25) is 0 Å². The Morgan fingerprint density at radius 1 is 1.43 bits per heavy atom. The van der Waals surface area contributed by atoms with E-state index in [1.807, 2.05) is 18.2 Å². The molecule has 1 aromatic carbocycles. The van der Waals surface area contributed by atoms with Gasteiger partial charge in [-0.1, -0.05) is 33.6 Å². The molecule has 0 atom stereocenters. The molecule has 0 bridgehead atoms. The molecular weight excluding hydrogens is 265 g/mol. The summed E-state index contributed by atoms with van der Waals surface area (Å²) in [7, 11) is 0. The van der Waals surface area contributed by atoms with Crippen molar-refractivity contribution in [2.24, 2.45) is 0 Å². The number of rotatable bonds is 2. The average Bonchev–Trinajstić information content (AvgIpc) is 2.70. The molecule has 1 heterocycles. The van der Waals surface area contributed by atoms with E-state index in [0.29, 0.717) is 5.02 Å². The molecule has 0 N–H and O–H groups in total. The van der Waals surface area contributed by atoms with Gasteiger partial charge in [-0.3, -0.25) is 0 Å². The molecule has 0 spiro atoms. The van der Waals surface area contributed by atoms with E-state index >= 15 is 0 Å². The molecule has 2 rings (SSSR count). The van der Waals surface area contributed by atoms with Crippen LogP contribution >= 0.6 is 27.5 Å². The standard InChI is InChI=1S/C9H7BrClN3/c10-4-7-1-2-9(8(11)3-7)14-6-12-5-13-14/h1-3,5-6H,4H2. The zero-order valence-electron chi connectivity index (χ0n) is 7.19. The number of alkyl halides is 1. The second kappa shape index (κ2) is 4.11. The molecule has 5 heteroatoms. The smallest absolute Gasteiger partial charge is 0.138 e. The maximum atomic E-state index is 6.09. The molecule has 14 heavy (non-hydrogen) atoms. The van der Waals surface area contributed by atoms with E-state index in [-0.39, 0.29) is 0 Å². The minimum absolute atomic E-state index is 0.674. The van der Waals surface area contributed by atoms with E-state index in [2.05, 4.69) is 26.0 Å². The van der Waals surface area contributed by atoms with Crippen LogP contribution in [0.15, 0.2) is 30.9 Å². The Bertz CT molecular complexity index is 428. The molecule has 2 aromatic rings. The number of benzene rings is 1. The van der Waals surface area contributed by atoms with Gasteiger partial charge in [-0.05, 0) is 17.7 Å². The number of halogens is 2. The highest BCUT2D eigenvalue weighted by atomic mass is 79.9. The van der Waals surface area contributed by atoms with Crippen LogP contribution < -0.4 is 0 Å². The monoisotopic (exact) mass is 271 g/mol. The van der Waals surface area contributed by atoms with Crippen molar-refractivity contribution in [2.45, 2.75) is 5.33 Å². The van der Waals surface area contributed by atoms with Gasteiger partial charge in [0.1, 0.15) is 12.7 Å². The fraction of sp³-hybridized carbons (Fsp3) is 0.111. The van der Waals surface area contributed by atoms with Gasteiger partial charge in [-0.15, -0.1) is 0 Å². The maximum absolute atomic E-state index is 6.09. The third-order valence-electron chi connectivity index (χ3n) is 1.83. The Morgan fingerprint density at radius 2 is 2.29 bits per heavy atom. The average molecular weight is 273 g/mol. The summed E-state index contributed by atoms with van der Waals surface area (Å²) in [4.78, 5) is 3.87. The van der Waals surface area contributed by atoms with Crippen LogP contribution in [0.1, 0.15) is 5.56 Å². The van der Waals surface area contributed by atoms with Gasteiger partial charge in [-0.2, -0.15) is 5.10 Å². The van der Waals surface area contributed by atoms with Crippen molar-refractivity contribution in [1.29, 1.82) is 0 Å². The largest absolute Gasteiger partial charge is 0.223 e. The molecule has 0 saturated carbocycles. The molecule has 0 unspecified atom stereocenters. The zero-order chi connectivity index (χ0) is 9.97. The van der Waals surface area contributed by atoms with Crippen molar-refractivity contribution in [3.63, 3.8) is 0 Å². The lowest BCUT2D eigenvalue weighted by atomic mass is 10.2. The lowest BCUT2D eigenvalue weighted by Crippen LogP contribution is -1.95. The first-order valence-electron chi connectivity index (χ1n) is 4.00. The van der Waals surface area contributed by atoms with Crippen molar-refractivity contribution in [3.05, 3.63) is 41.4 Å². The van der Waals surface area contributed by atoms with Crippen LogP contribution in [0, 0.1) is 0 Å². The summed E-state index contributed by atoms with van der Waals surface area (Å²) in [6.07, 6.45) is 3.10. The van der Waals surface area contributed by atoms with Gasteiger partial charge in [0.05, 0.1) is 10.7 Å². The first kappa shape index (κ1) is 9.68. The van der Waals surface area contributed by atoms with Gasteiger partial charge >= 0.3 is 0 Å². The minimum Gasteiger partial charge on any atom is -0.223 e. The van der Waals surface area contributed by atoms with E-state index in [1.165, 1.54) is 6.33 Å². The highest BCUT2D eigenvalue weighted by Crippen LogP contribution is 2.21. The number of nitrogens with zero attached hydrogens (tertiary/aromatic N) is 3. The Balaban J connectivity index is 2.46. The molecule has 0 saturated heterocycles. The summed E-state index contributed by atoms with van der Waals surface area (Å²) in [6, 6.07) is 5.83. The van der Waals surface area contributed by atoms with Gasteiger partial charge in [0, 0.05) is 5.33 Å². The van der Waals surface area contributed by atoms with Crippen molar-refractivity contribution >= 4 is 27.5 Å². The predicted octanol–water partition coefficient (Wildman–Crippen LogP) is 2.82. The van der Waals surface area contributed by atoms with Gasteiger partial charge < -0.3 is 0 Å². The third kappa shape index (κ3) is 1.81. The molecule has 72 valence electrons. The molecule has 0 radical (unpaired) electrons. The van der Waals surface area contributed by atoms with Gasteiger partial charge in [0.25, 0.3) is 0 Å². The quantitative estimate of drug-likeness (QED) is 0.787. The van der Waals surface area contributed by atoms with E-state index in [4.69, 9.17) is 11.6 Å². The summed E-state index contributed by atoms with van der Waals surface area (Å²) in [5.41, 5.74) is 1.98. The summed E-state index contributed by atoms with van der Waals surface area (Å²) in [5.74, 6) is 0. The topological polar surface area (TPSA) is 30.7 Å². The van der Waals surface area contributed by atoms with Crippen LogP contribution in [0.3, 0.4) is 0 Å². The van der Waals surface area contributed by atoms with Crippen LogP contribution in [-0.2, 0) is 5.33 Å². The maximum Gasteiger partial charge on any atom is 0.138 e. The van der Waals surface area contributed by atoms with Gasteiger partial charge in [-0.25, -0.2) is 9.67 Å². The second-order valence-corrected chi connectivity index (χ2v) is 3.73. The SMILES string of the molecule is Clc1cc(CBr)ccc1-n1cncn1. The molecule has 0 aliphatic rings. The molecule has 0 amide bonds. The Hall–Kier alpha value is -0.870. The van der Waals surface area contributed by atoms with Gasteiger partial charge in [0.15, 0.2) is 0 Å². The van der Waals surface area contributed by atoms with Crippen LogP contribution in [-0.4, -0.2) is 14.8 Å². The first-order chi connectivity index (χ1) is 6.81. The predicted molar refractivity (Wildman–Crippen MR) is 59.0 cm³/mol. The van der Waals surface area contributed by atoms with Crippen LogP contribution in [0.2, 0.25) is 5.02 Å². The van der Waals surface area contributed by atoms with Crippen LogP contribution in [0.5, 0.6) is 0 Å². The second-order valence-electron chi connectivity index (χ2n) is 2.76. The highest BCUT2D eigenvalue weighted by molar-refractivity contribution is 9.08. The number of aromatic nitrogens is 3. The molecule has 0 fully saturated rings. The summed E-state index contributed by atoms with van der Waals surface area (Å²) in [5, 5.41) is 5.48. The lowest BCUT2D eigenvalue weighted by molar-refractivity contribution is 0.878. The molecule has 3 nitrogen and oxygen atoms in total. The van der Waals surface area contributed by atoms with Crippen molar-refractivity contribution in [2.75, 3.05) is 0 Å². The van der Waals surface area contributed by atoms with Crippen LogP contribution in [0.4, 0.5) is 0 Å². The highest BCUT2D eigenvalue weighted by Gasteiger charge is 2.03. The lowest BCUT2D eigenvalue weighted by Gasteiger charge is -2.04. The number of hydrogen-bond donors (Lipinski definition) is 0. The summed E-state index contributed by atoms with van der Waals surface area (Å²) in [6.45, 7) is 0. The fourth-order valence-electron chi connectivity index (χ4n) is 1.15. The minimum atomic E-state index is 0.674. The van der Waals surface area contributed by atoms with E-state index < -0.39 is 0 Å². The normalized spacial score (nSPS) is 10.4. The Kier molecular flexibility index (Phi) is 2.84. The first-order valence-corrected chi connectivity index (χ1v) is 5.50. The summed E-state index contributed by atoms with van der Waals surface area (Å²) < 4.78 is 1.64. The molecular formula is C9H7BrClN3. The Labute approximate surface area is 94.9 Å². The van der Waals surface area contributed by atoms with Crippen molar-refractivity contribution in [1.82, 2.24) is 14.8 Å². The third-order valence-corrected chi connectivity index (χ3v) is 2.78. The summed E-state index contributed by atoms with van der Waals surface area (Å²) >= 11 is 9.46. The molecule has 0 aliphatic heterocycles. The Morgan fingerprint density at radius 3 is 2.86 bits per heavy atom. The molecule has 1 aromatic heterocycles. The van der Waals surface area contributed by atoms with Crippen molar-refractivity contribution < 1.29 is 0 Å². The van der Waals surface area contributed by atoms with E-state index in [0.717, 1.165) is 16.6 Å². The molecule has 0 aliphatic carbocycles. The van der Waals surface area contributed by atoms with E-state index in [9.17, 15) is 0 Å². The van der Waals surface area contributed by atoms with Crippen LogP contribution in [0.25, 0.3) is 5.69 Å². The van der Waals surface area contributed by atoms with E-state index in [1.54, 1.807) is 11.0 Å². The zero-order valence-corrected chi connectivity index (χ0v) is 9.53.